The summed E-state index contributed by atoms with van der Waals surface area (Å²) in [5, 5.41) is 11.2. The molecule has 0 radical (unpaired) electrons. The zero-order valence-electron chi connectivity index (χ0n) is 13.6. The van der Waals surface area contributed by atoms with E-state index < -0.39 is 0 Å². The van der Waals surface area contributed by atoms with Crippen LogP contribution in [0.2, 0.25) is 0 Å². The number of nitrogens with zero attached hydrogens (tertiary/aromatic N) is 2. The van der Waals surface area contributed by atoms with Gasteiger partial charge in [-0.15, -0.1) is 6.58 Å². The number of rotatable bonds is 8. The van der Waals surface area contributed by atoms with Crippen molar-refractivity contribution in [3.05, 3.63) is 65.5 Å². The molecule has 1 heterocycles. The quantitative estimate of drug-likeness (QED) is 0.438. The van der Waals surface area contributed by atoms with Gasteiger partial charge in [0, 0.05) is 31.3 Å². The van der Waals surface area contributed by atoms with Gasteiger partial charge in [0.25, 0.3) is 5.56 Å². The highest BCUT2D eigenvalue weighted by molar-refractivity contribution is 7.80. The van der Waals surface area contributed by atoms with Gasteiger partial charge < -0.3 is 10.6 Å². The topological polar surface area (TPSA) is 58.9 Å². The van der Waals surface area contributed by atoms with Gasteiger partial charge in [-0.1, -0.05) is 36.4 Å². The van der Waals surface area contributed by atoms with Crippen LogP contribution in [0.5, 0.6) is 0 Å². The molecule has 5 nitrogen and oxygen atoms in total. The third-order valence-electron chi connectivity index (χ3n) is 3.43. The second kappa shape index (κ2) is 9.62. The number of nitrogens with one attached hydrogen (secondary N) is 2. The van der Waals surface area contributed by atoms with E-state index in [1.807, 2.05) is 30.3 Å². The number of hydrogen-bond donors (Lipinski definition) is 2. The fourth-order valence-corrected chi connectivity index (χ4v) is 2.37. The molecule has 0 atom stereocenters. The van der Waals surface area contributed by atoms with E-state index >= 15 is 0 Å². The highest BCUT2D eigenvalue weighted by Crippen LogP contribution is 2.13. The Balaban J connectivity index is 1.83. The first-order valence-corrected chi connectivity index (χ1v) is 8.37. The average Bonchev–Trinajstić information content (AvgIpc) is 2.62. The van der Waals surface area contributed by atoms with Crippen molar-refractivity contribution in [2.45, 2.75) is 19.4 Å². The lowest BCUT2D eigenvalue weighted by molar-refractivity contribution is 0.531. The summed E-state index contributed by atoms with van der Waals surface area (Å²) in [7, 11) is 0. The first-order valence-electron chi connectivity index (χ1n) is 7.97. The molecule has 0 fully saturated rings. The molecule has 0 aliphatic rings. The van der Waals surface area contributed by atoms with Gasteiger partial charge >= 0.3 is 0 Å². The van der Waals surface area contributed by atoms with Crippen LogP contribution in [0.15, 0.2) is 59.9 Å². The molecule has 6 heteroatoms. The molecule has 0 aliphatic carbocycles. The van der Waals surface area contributed by atoms with E-state index in [0.29, 0.717) is 18.2 Å². The third-order valence-corrected chi connectivity index (χ3v) is 3.71. The summed E-state index contributed by atoms with van der Waals surface area (Å²) in [6.45, 7) is 5.63. The fourth-order valence-electron chi connectivity index (χ4n) is 2.19. The van der Waals surface area contributed by atoms with Crippen molar-refractivity contribution >= 4 is 17.3 Å². The van der Waals surface area contributed by atoms with E-state index in [4.69, 9.17) is 12.2 Å². The van der Waals surface area contributed by atoms with Gasteiger partial charge in [-0.3, -0.25) is 4.79 Å². The molecule has 1 aromatic carbocycles. The van der Waals surface area contributed by atoms with Crippen LogP contribution in [0.25, 0.3) is 11.3 Å². The first-order chi connectivity index (χ1) is 11.7. The highest BCUT2D eigenvalue weighted by Gasteiger charge is 2.03. The molecular weight excluding hydrogens is 320 g/mol. The average molecular weight is 342 g/mol. The Morgan fingerprint density at radius 2 is 1.96 bits per heavy atom. The lowest BCUT2D eigenvalue weighted by Gasteiger charge is -2.09. The van der Waals surface area contributed by atoms with Gasteiger partial charge in [0.2, 0.25) is 0 Å². The largest absolute Gasteiger partial charge is 0.363 e. The first kappa shape index (κ1) is 17.9. The predicted octanol–water partition coefficient (Wildman–Crippen LogP) is 2.34. The Labute approximate surface area is 147 Å². The minimum absolute atomic E-state index is 0.0780. The van der Waals surface area contributed by atoms with E-state index in [0.717, 1.165) is 30.6 Å². The molecule has 0 saturated carbocycles. The van der Waals surface area contributed by atoms with Gasteiger partial charge in [-0.05, 0) is 31.1 Å². The van der Waals surface area contributed by atoms with Crippen LogP contribution in [0.1, 0.15) is 12.8 Å². The van der Waals surface area contributed by atoms with E-state index in [2.05, 4.69) is 22.3 Å². The van der Waals surface area contributed by atoms with Crippen LogP contribution >= 0.6 is 12.2 Å². The summed E-state index contributed by atoms with van der Waals surface area (Å²) < 4.78 is 1.52. The van der Waals surface area contributed by atoms with Crippen LogP contribution < -0.4 is 16.2 Å². The minimum Gasteiger partial charge on any atom is -0.363 e. The molecule has 0 spiro atoms. The molecule has 2 N–H and O–H groups in total. The second-order valence-corrected chi connectivity index (χ2v) is 5.69. The maximum Gasteiger partial charge on any atom is 0.266 e. The molecule has 126 valence electrons. The molecule has 1 aromatic heterocycles. The van der Waals surface area contributed by atoms with Crippen LogP contribution in [0, 0.1) is 0 Å². The maximum absolute atomic E-state index is 11.9. The molecule has 0 bridgehead atoms. The van der Waals surface area contributed by atoms with Crippen molar-refractivity contribution in [1.82, 2.24) is 20.4 Å². The lowest BCUT2D eigenvalue weighted by Crippen LogP contribution is -2.35. The monoisotopic (exact) mass is 342 g/mol. The van der Waals surface area contributed by atoms with E-state index in [9.17, 15) is 4.79 Å². The van der Waals surface area contributed by atoms with Crippen molar-refractivity contribution in [1.29, 1.82) is 0 Å². The highest BCUT2D eigenvalue weighted by atomic mass is 32.1. The standard InChI is InChI=1S/C18H22N4OS/c1-2-12-19-18(24)20-13-6-7-14-22-17(23)11-10-16(21-22)15-8-4-3-5-9-15/h2-5,8-11H,1,6-7,12-14H2,(H2,19,20,24). The fraction of sp³-hybridized carbons (Fsp3) is 0.278. The Kier molecular flexibility index (Phi) is 7.17. The smallest absolute Gasteiger partial charge is 0.266 e. The SMILES string of the molecule is C=CCNC(=S)NCCCCn1nc(-c2ccccc2)ccc1=O. The molecular formula is C18H22N4OS. The summed E-state index contributed by atoms with van der Waals surface area (Å²) in [4.78, 5) is 11.9. The van der Waals surface area contributed by atoms with Crippen molar-refractivity contribution in [2.24, 2.45) is 0 Å². The van der Waals surface area contributed by atoms with Gasteiger partial charge in [0.05, 0.1) is 5.69 Å². The molecule has 0 unspecified atom stereocenters. The Morgan fingerprint density at radius 3 is 2.71 bits per heavy atom. The number of aromatic nitrogens is 2. The van der Waals surface area contributed by atoms with Crippen molar-refractivity contribution < 1.29 is 0 Å². The predicted molar refractivity (Wildman–Crippen MR) is 102 cm³/mol. The van der Waals surface area contributed by atoms with E-state index in [1.54, 1.807) is 18.2 Å². The van der Waals surface area contributed by atoms with E-state index in [-0.39, 0.29) is 5.56 Å². The van der Waals surface area contributed by atoms with Crippen LogP contribution in [-0.4, -0.2) is 28.0 Å². The molecule has 2 rings (SSSR count). The summed E-state index contributed by atoms with van der Waals surface area (Å²) in [5.41, 5.74) is 1.74. The van der Waals surface area contributed by atoms with Gasteiger partial charge in [0.1, 0.15) is 0 Å². The van der Waals surface area contributed by atoms with Crippen molar-refractivity contribution in [3.8, 4) is 11.3 Å². The normalized spacial score (nSPS) is 10.2. The van der Waals surface area contributed by atoms with Crippen LogP contribution in [-0.2, 0) is 6.54 Å². The Morgan fingerprint density at radius 1 is 1.17 bits per heavy atom. The zero-order chi connectivity index (χ0) is 17.2. The summed E-state index contributed by atoms with van der Waals surface area (Å²) in [6.07, 6.45) is 3.51. The molecule has 0 saturated heterocycles. The van der Waals surface area contributed by atoms with Gasteiger partial charge in [-0.2, -0.15) is 5.10 Å². The van der Waals surface area contributed by atoms with Gasteiger partial charge in [0.15, 0.2) is 5.11 Å². The summed E-state index contributed by atoms with van der Waals surface area (Å²) in [6, 6.07) is 13.2. The summed E-state index contributed by atoms with van der Waals surface area (Å²) >= 11 is 5.12. The Hall–Kier alpha value is -2.47. The Bertz CT molecular complexity index is 727. The number of hydrogen-bond acceptors (Lipinski definition) is 3. The third kappa shape index (κ3) is 5.62. The second-order valence-electron chi connectivity index (χ2n) is 5.28. The number of thiocarbonyl (C=S) groups is 1. The molecule has 0 amide bonds. The zero-order valence-corrected chi connectivity index (χ0v) is 14.4. The molecule has 24 heavy (non-hydrogen) atoms. The lowest BCUT2D eigenvalue weighted by atomic mass is 10.1. The maximum atomic E-state index is 11.9. The minimum atomic E-state index is -0.0780. The summed E-state index contributed by atoms with van der Waals surface area (Å²) in [5.74, 6) is 0. The molecule has 2 aromatic rings. The van der Waals surface area contributed by atoms with Gasteiger partial charge in [-0.25, -0.2) is 4.68 Å². The van der Waals surface area contributed by atoms with E-state index in [1.165, 1.54) is 4.68 Å². The van der Waals surface area contributed by atoms with Crippen molar-refractivity contribution in [3.63, 3.8) is 0 Å². The number of aryl methyl sites for hydroxylation is 1. The number of unbranched alkanes of at least 4 members (excludes halogenated alkanes) is 1. The number of benzene rings is 1. The van der Waals surface area contributed by atoms with Crippen molar-refractivity contribution in [2.75, 3.05) is 13.1 Å². The van der Waals surface area contributed by atoms with Crippen LogP contribution in [0.3, 0.4) is 0 Å². The molecule has 0 aliphatic heterocycles. The van der Waals surface area contributed by atoms with Crippen LogP contribution in [0.4, 0.5) is 0 Å².